The van der Waals surface area contributed by atoms with Gasteiger partial charge in [-0.1, -0.05) is 28.1 Å². The van der Waals surface area contributed by atoms with E-state index in [1.165, 1.54) is 0 Å². The van der Waals surface area contributed by atoms with E-state index in [1.54, 1.807) is 11.9 Å². The van der Waals surface area contributed by atoms with Crippen LogP contribution in [0.25, 0.3) is 0 Å². The van der Waals surface area contributed by atoms with Gasteiger partial charge in [-0.15, -0.1) is 0 Å². The average molecular weight is 379 g/mol. The summed E-state index contributed by atoms with van der Waals surface area (Å²) < 4.78 is 1.00. The van der Waals surface area contributed by atoms with Crippen molar-refractivity contribution in [2.45, 2.75) is 6.42 Å². The van der Waals surface area contributed by atoms with E-state index in [-0.39, 0.29) is 11.3 Å². The van der Waals surface area contributed by atoms with Gasteiger partial charge < -0.3 is 10.6 Å². The second-order valence-electron chi connectivity index (χ2n) is 4.98. The molecule has 1 amide bonds. The number of primary amides is 1. The molecule has 23 heavy (non-hydrogen) atoms. The van der Waals surface area contributed by atoms with Gasteiger partial charge in [-0.05, 0) is 24.1 Å². The lowest BCUT2D eigenvalue weighted by molar-refractivity contribution is -0.385. The molecule has 0 aliphatic rings. The van der Waals surface area contributed by atoms with Crippen molar-refractivity contribution in [3.05, 3.63) is 62.2 Å². The smallest absolute Gasteiger partial charge is 0.288 e. The summed E-state index contributed by atoms with van der Waals surface area (Å²) in [4.78, 5) is 27.5. The van der Waals surface area contributed by atoms with Gasteiger partial charge in [0.05, 0.1) is 10.5 Å². The van der Waals surface area contributed by atoms with E-state index in [1.807, 2.05) is 24.3 Å². The summed E-state index contributed by atoms with van der Waals surface area (Å²) in [6, 6.07) is 9.05. The summed E-state index contributed by atoms with van der Waals surface area (Å²) in [5, 5.41) is 10.8. The number of carbonyl (C=O) groups excluding carboxylic acids is 1. The largest absolute Gasteiger partial charge is 0.365 e. The van der Waals surface area contributed by atoms with Crippen LogP contribution in [0.4, 0.5) is 11.5 Å². The Bertz CT molecular complexity index is 734. The molecule has 0 saturated heterocycles. The zero-order valence-electron chi connectivity index (χ0n) is 12.4. The van der Waals surface area contributed by atoms with Crippen LogP contribution in [0.1, 0.15) is 15.9 Å². The van der Waals surface area contributed by atoms with Crippen LogP contribution in [0.2, 0.25) is 0 Å². The molecule has 0 unspecified atom stereocenters. The maximum absolute atomic E-state index is 11.5. The van der Waals surface area contributed by atoms with Crippen LogP contribution in [0.3, 0.4) is 0 Å². The summed E-state index contributed by atoms with van der Waals surface area (Å²) >= 11 is 3.38. The number of amides is 1. The number of likely N-dealkylation sites (N-methyl/N-ethyl adjacent to an activating group) is 1. The molecule has 0 aliphatic heterocycles. The highest BCUT2D eigenvalue weighted by Crippen LogP contribution is 2.21. The van der Waals surface area contributed by atoms with Gasteiger partial charge in [0.2, 0.25) is 0 Å². The summed E-state index contributed by atoms with van der Waals surface area (Å²) in [5.41, 5.74) is 6.22. The van der Waals surface area contributed by atoms with E-state index in [4.69, 9.17) is 5.73 Å². The SMILES string of the molecule is CN(CCc1ccc(Br)cc1)c1ncc([N+](=O)[O-])cc1C(N)=O. The van der Waals surface area contributed by atoms with Crippen molar-refractivity contribution in [1.29, 1.82) is 0 Å². The Balaban J connectivity index is 2.17. The van der Waals surface area contributed by atoms with Crippen molar-refractivity contribution in [3.8, 4) is 0 Å². The number of rotatable bonds is 6. The van der Waals surface area contributed by atoms with Crippen LogP contribution >= 0.6 is 15.9 Å². The number of aromatic nitrogens is 1. The van der Waals surface area contributed by atoms with Gasteiger partial charge in [0.15, 0.2) is 0 Å². The Labute approximate surface area is 141 Å². The second kappa shape index (κ2) is 7.19. The number of benzene rings is 1. The van der Waals surface area contributed by atoms with Gasteiger partial charge in [0, 0.05) is 24.1 Å². The van der Waals surface area contributed by atoms with E-state index in [9.17, 15) is 14.9 Å². The minimum atomic E-state index is -0.744. The fraction of sp³-hybridized carbons (Fsp3) is 0.200. The van der Waals surface area contributed by atoms with Crippen molar-refractivity contribution >= 4 is 33.3 Å². The Morgan fingerprint density at radius 3 is 2.61 bits per heavy atom. The van der Waals surface area contributed by atoms with Crippen LogP contribution in [0, 0.1) is 10.1 Å². The number of hydrogen-bond donors (Lipinski definition) is 1. The molecule has 2 rings (SSSR count). The zero-order chi connectivity index (χ0) is 17.0. The third-order valence-electron chi connectivity index (χ3n) is 3.34. The fourth-order valence-electron chi connectivity index (χ4n) is 2.09. The first-order chi connectivity index (χ1) is 10.9. The van der Waals surface area contributed by atoms with Crippen molar-refractivity contribution in [1.82, 2.24) is 4.98 Å². The predicted octanol–water partition coefficient (Wildman–Crippen LogP) is 2.53. The molecule has 8 heteroatoms. The first-order valence-electron chi connectivity index (χ1n) is 6.78. The number of nitrogens with zero attached hydrogens (tertiary/aromatic N) is 3. The molecule has 2 aromatic rings. The van der Waals surface area contributed by atoms with Crippen LogP contribution in [-0.4, -0.2) is 29.4 Å². The number of halogens is 1. The molecule has 0 bridgehead atoms. The van der Waals surface area contributed by atoms with Gasteiger partial charge in [-0.2, -0.15) is 0 Å². The molecule has 1 aromatic heterocycles. The van der Waals surface area contributed by atoms with Gasteiger partial charge >= 0.3 is 0 Å². The van der Waals surface area contributed by atoms with Crippen molar-refractivity contribution in [2.24, 2.45) is 5.73 Å². The summed E-state index contributed by atoms with van der Waals surface area (Å²) in [6.07, 6.45) is 1.86. The van der Waals surface area contributed by atoms with E-state index in [0.29, 0.717) is 12.4 Å². The molecule has 1 heterocycles. The lowest BCUT2D eigenvalue weighted by Gasteiger charge is -2.20. The Morgan fingerprint density at radius 1 is 1.39 bits per heavy atom. The van der Waals surface area contributed by atoms with Crippen molar-refractivity contribution in [2.75, 3.05) is 18.5 Å². The minimum Gasteiger partial charge on any atom is -0.365 e. The maximum atomic E-state index is 11.5. The summed E-state index contributed by atoms with van der Waals surface area (Å²) in [7, 11) is 1.76. The van der Waals surface area contributed by atoms with Crippen LogP contribution in [0.15, 0.2) is 41.0 Å². The highest BCUT2D eigenvalue weighted by molar-refractivity contribution is 9.10. The quantitative estimate of drug-likeness (QED) is 0.614. The number of pyridine rings is 1. The van der Waals surface area contributed by atoms with Gasteiger partial charge in [0.1, 0.15) is 12.0 Å². The van der Waals surface area contributed by atoms with Crippen LogP contribution in [-0.2, 0) is 6.42 Å². The molecule has 120 valence electrons. The summed E-state index contributed by atoms with van der Waals surface area (Å²) in [5.74, 6) is -0.410. The molecule has 0 saturated carbocycles. The zero-order valence-corrected chi connectivity index (χ0v) is 14.0. The van der Waals surface area contributed by atoms with E-state index >= 15 is 0 Å². The van der Waals surface area contributed by atoms with E-state index in [0.717, 1.165) is 28.7 Å². The minimum absolute atomic E-state index is 0.0394. The van der Waals surface area contributed by atoms with E-state index in [2.05, 4.69) is 20.9 Å². The predicted molar refractivity (Wildman–Crippen MR) is 90.5 cm³/mol. The van der Waals surface area contributed by atoms with Crippen LogP contribution in [0.5, 0.6) is 0 Å². The Morgan fingerprint density at radius 2 is 2.04 bits per heavy atom. The lowest BCUT2D eigenvalue weighted by atomic mass is 10.1. The van der Waals surface area contributed by atoms with Crippen molar-refractivity contribution < 1.29 is 9.72 Å². The molecule has 7 nitrogen and oxygen atoms in total. The van der Waals surface area contributed by atoms with Gasteiger partial charge in [-0.25, -0.2) is 4.98 Å². The Kier molecular flexibility index (Phi) is 5.28. The van der Waals surface area contributed by atoms with Gasteiger partial charge in [-0.3, -0.25) is 14.9 Å². The first kappa shape index (κ1) is 16.9. The third kappa shape index (κ3) is 4.26. The number of anilines is 1. The highest BCUT2D eigenvalue weighted by Gasteiger charge is 2.18. The molecule has 0 fully saturated rings. The topological polar surface area (TPSA) is 102 Å². The highest BCUT2D eigenvalue weighted by atomic mass is 79.9. The molecule has 1 aromatic carbocycles. The molecular formula is C15H15BrN4O3. The van der Waals surface area contributed by atoms with Crippen LogP contribution < -0.4 is 10.6 Å². The summed E-state index contributed by atoms with van der Waals surface area (Å²) in [6.45, 7) is 0.590. The number of nitro groups is 1. The standard InChI is InChI=1S/C15H15BrN4O3/c1-19(7-6-10-2-4-11(16)5-3-10)15-13(14(17)21)8-12(9-18-15)20(22)23/h2-5,8-9H,6-7H2,1H3,(H2,17,21). The van der Waals surface area contributed by atoms with Gasteiger partial charge in [0.25, 0.3) is 11.6 Å². The molecule has 0 radical (unpaired) electrons. The normalized spacial score (nSPS) is 10.3. The molecule has 0 atom stereocenters. The lowest BCUT2D eigenvalue weighted by Crippen LogP contribution is -2.25. The first-order valence-corrected chi connectivity index (χ1v) is 7.57. The molecule has 0 aliphatic carbocycles. The Hall–Kier alpha value is -2.48. The third-order valence-corrected chi connectivity index (χ3v) is 3.87. The monoisotopic (exact) mass is 378 g/mol. The number of nitrogens with two attached hydrogens (primary N) is 1. The molecule has 2 N–H and O–H groups in total. The molecular weight excluding hydrogens is 364 g/mol. The number of hydrogen-bond acceptors (Lipinski definition) is 5. The maximum Gasteiger partial charge on any atom is 0.288 e. The second-order valence-corrected chi connectivity index (χ2v) is 5.90. The fourth-order valence-corrected chi connectivity index (χ4v) is 2.35. The van der Waals surface area contributed by atoms with Crippen molar-refractivity contribution in [3.63, 3.8) is 0 Å². The average Bonchev–Trinajstić information content (AvgIpc) is 2.53. The molecule has 0 spiro atoms. The van der Waals surface area contributed by atoms with E-state index < -0.39 is 10.8 Å². The number of carbonyl (C=O) groups is 1.